The number of carbonyl (C=O) groups is 1. The first kappa shape index (κ1) is 17.2. The van der Waals surface area contributed by atoms with Crippen LogP contribution in [0.2, 0.25) is 0 Å². The van der Waals surface area contributed by atoms with Gasteiger partial charge in [-0.1, -0.05) is 12.1 Å². The molecule has 0 radical (unpaired) electrons. The van der Waals surface area contributed by atoms with Gasteiger partial charge in [-0.2, -0.15) is 5.10 Å². The molecule has 2 aromatic rings. The molecule has 0 saturated carbocycles. The third-order valence-electron chi connectivity index (χ3n) is 4.55. The topological polar surface area (TPSA) is 52.6 Å². The van der Waals surface area contributed by atoms with Crippen LogP contribution < -0.4 is 9.80 Å². The van der Waals surface area contributed by atoms with Gasteiger partial charge >= 0.3 is 0 Å². The number of anilines is 2. The molecule has 1 aliphatic rings. The Hall–Kier alpha value is -2.63. The van der Waals surface area contributed by atoms with Gasteiger partial charge in [0.2, 0.25) is 5.91 Å². The number of hydrogen-bond acceptors (Lipinski definition) is 5. The average Bonchev–Trinajstić information content (AvgIpc) is 2.63. The molecule has 6 heteroatoms. The first-order valence-electron chi connectivity index (χ1n) is 8.62. The van der Waals surface area contributed by atoms with E-state index < -0.39 is 0 Å². The highest BCUT2D eigenvalue weighted by Gasteiger charge is 2.22. The summed E-state index contributed by atoms with van der Waals surface area (Å²) in [4.78, 5) is 18.7. The molecule has 1 saturated heterocycles. The van der Waals surface area contributed by atoms with E-state index in [-0.39, 0.29) is 5.91 Å². The van der Waals surface area contributed by atoms with Crippen molar-refractivity contribution in [1.82, 2.24) is 15.1 Å². The molecule has 0 N–H and O–H groups in total. The van der Waals surface area contributed by atoms with E-state index in [2.05, 4.69) is 32.1 Å². The van der Waals surface area contributed by atoms with Crippen molar-refractivity contribution in [3.05, 3.63) is 47.7 Å². The van der Waals surface area contributed by atoms with Crippen LogP contribution >= 0.6 is 0 Å². The van der Waals surface area contributed by atoms with Gasteiger partial charge in [0, 0.05) is 46.0 Å². The fourth-order valence-corrected chi connectivity index (χ4v) is 2.94. The fraction of sp³-hybridized carbons (Fsp3) is 0.421. The zero-order valence-corrected chi connectivity index (χ0v) is 15.1. The monoisotopic (exact) mass is 339 g/mol. The van der Waals surface area contributed by atoms with Crippen LogP contribution in [0.15, 0.2) is 36.4 Å². The first-order chi connectivity index (χ1) is 12.0. The summed E-state index contributed by atoms with van der Waals surface area (Å²) in [5.41, 5.74) is 3.12. The van der Waals surface area contributed by atoms with Crippen molar-refractivity contribution in [3.63, 3.8) is 0 Å². The third kappa shape index (κ3) is 4.26. The Morgan fingerprint density at radius 3 is 2.24 bits per heavy atom. The maximum Gasteiger partial charge on any atom is 0.227 e. The maximum absolute atomic E-state index is 12.5. The minimum Gasteiger partial charge on any atom is -0.378 e. The van der Waals surface area contributed by atoms with E-state index >= 15 is 0 Å². The predicted octanol–water partition coefficient (Wildman–Crippen LogP) is 1.74. The summed E-state index contributed by atoms with van der Waals surface area (Å²) in [7, 11) is 4.02. The highest BCUT2D eigenvalue weighted by atomic mass is 16.2. The van der Waals surface area contributed by atoms with Gasteiger partial charge in [0.05, 0.1) is 12.1 Å². The minimum atomic E-state index is 0.187. The molecule has 2 heterocycles. The number of carbonyl (C=O) groups excluding carboxylic acids is 1. The Morgan fingerprint density at radius 1 is 1.00 bits per heavy atom. The number of aryl methyl sites for hydroxylation is 1. The molecule has 1 aromatic carbocycles. The summed E-state index contributed by atoms with van der Waals surface area (Å²) in [6.07, 6.45) is 0.456. The average molecular weight is 339 g/mol. The number of rotatable bonds is 4. The predicted molar refractivity (Wildman–Crippen MR) is 100 cm³/mol. The number of amides is 1. The van der Waals surface area contributed by atoms with Gasteiger partial charge in [-0.3, -0.25) is 4.79 Å². The Balaban J connectivity index is 1.53. The molecule has 1 aliphatic heterocycles. The molecule has 6 nitrogen and oxygen atoms in total. The molecule has 1 aromatic heterocycles. The molecule has 0 spiro atoms. The molecule has 1 amide bonds. The maximum atomic E-state index is 12.5. The van der Waals surface area contributed by atoms with Crippen LogP contribution in [0.3, 0.4) is 0 Å². The first-order valence-corrected chi connectivity index (χ1v) is 8.62. The summed E-state index contributed by atoms with van der Waals surface area (Å²) in [6, 6.07) is 12.1. The standard InChI is InChI=1S/C19H25N5O/c1-15-4-9-18(21-20-15)23-10-12-24(13-11-23)19(25)14-16-5-7-17(8-6-16)22(2)3/h4-9H,10-14H2,1-3H3. The second-order valence-electron chi connectivity index (χ2n) is 6.64. The molecule has 25 heavy (non-hydrogen) atoms. The zero-order valence-electron chi connectivity index (χ0n) is 15.1. The van der Waals surface area contributed by atoms with Gasteiger partial charge in [-0.15, -0.1) is 5.10 Å². The molecule has 0 aliphatic carbocycles. The normalized spacial score (nSPS) is 14.5. The van der Waals surface area contributed by atoms with Crippen molar-refractivity contribution >= 4 is 17.4 Å². The lowest BCUT2D eigenvalue weighted by molar-refractivity contribution is -0.130. The molecule has 132 valence electrons. The molecule has 3 rings (SSSR count). The van der Waals surface area contributed by atoms with Gasteiger partial charge in [-0.05, 0) is 36.8 Å². The number of aromatic nitrogens is 2. The quantitative estimate of drug-likeness (QED) is 0.849. The molecule has 0 bridgehead atoms. The Bertz CT molecular complexity index is 704. The second-order valence-corrected chi connectivity index (χ2v) is 6.64. The van der Waals surface area contributed by atoms with Gasteiger partial charge in [0.25, 0.3) is 0 Å². The van der Waals surface area contributed by atoms with Gasteiger partial charge in [-0.25, -0.2) is 0 Å². The van der Waals surface area contributed by atoms with Crippen molar-refractivity contribution in [2.24, 2.45) is 0 Å². The molecular weight excluding hydrogens is 314 g/mol. The van der Waals surface area contributed by atoms with Crippen LogP contribution in [-0.2, 0) is 11.2 Å². The van der Waals surface area contributed by atoms with E-state index in [4.69, 9.17) is 0 Å². The van der Waals surface area contributed by atoms with Crippen LogP contribution in [-0.4, -0.2) is 61.3 Å². The Labute approximate surface area is 149 Å². The van der Waals surface area contributed by atoms with E-state index in [0.29, 0.717) is 6.42 Å². The highest BCUT2D eigenvalue weighted by molar-refractivity contribution is 5.79. The van der Waals surface area contributed by atoms with E-state index in [0.717, 1.165) is 48.9 Å². The number of piperazine rings is 1. The zero-order chi connectivity index (χ0) is 17.8. The lowest BCUT2D eigenvalue weighted by Gasteiger charge is -2.35. The largest absolute Gasteiger partial charge is 0.378 e. The molecule has 0 atom stereocenters. The fourth-order valence-electron chi connectivity index (χ4n) is 2.94. The minimum absolute atomic E-state index is 0.187. The smallest absolute Gasteiger partial charge is 0.227 e. The van der Waals surface area contributed by atoms with Crippen LogP contribution in [0.4, 0.5) is 11.5 Å². The highest BCUT2D eigenvalue weighted by Crippen LogP contribution is 2.15. The molecule has 0 unspecified atom stereocenters. The summed E-state index contributed by atoms with van der Waals surface area (Å²) in [5.74, 6) is 1.07. The molecular formula is C19H25N5O. The van der Waals surface area contributed by atoms with E-state index in [9.17, 15) is 4.79 Å². The summed E-state index contributed by atoms with van der Waals surface area (Å²) >= 11 is 0. The summed E-state index contributed by atoms with van der Waals surface area (Å²) < 4.78 is 0. The lowest BCUT2D eigenvalue weighted by Crippen LogP contribution is -2.49. The van der Waals surface area contributed by atoms with Crippen molar-refractivity contribution < 1.29 is 4.79 Å². The third-order valence-corrected chi connectivity index (χ3v) is 4.55. The van der Waals surface area contributed by atoms with Crippen molar-refractivity contribution in [1.29, 1.82) is 0 Å². The van der Waals surface area contributed by atoms with Gasteiger partial charge < -0.3 is 14.7 Å². The number of hydrogen-bond donors (Lipinski definition) is 0. The number of benzene rings is 1. The van der Waals surface area contributed by atoms with Crippen molar-refractivity contribution in [2.45, 2.75) is 13.3 Å². The molecule has 1 fully saturated rings. The van der Waals surface area contributed by atoms with Crippen LogP contribution in [0.1, 0.15) is 11.3 Å². The SMILES string of the molecule is Cc1ccc(N2CCN(C(=O)Cc3ccc(N(C)C)cc3)CC2)nn1. The van der Waals surface area contributed by atoms with E-state index in [1.807, 2.05) is 50.2 Å². The summed E-state index contributed by atoms with van der Waals surface area (Å²) in [6.45, 7) is 4.97. The Morgan fingerprint density at radius 2 is 1.68 bits per heavy atom. The van der Waals surface area contributed by atoms with Crippen LogP contribution in [0.5, 0.6) is 0 Å². The lowest BCUT2D eigenvalue weighted by atomic mass is 10.1. The van der Waals surface area contributed by atoms with Crippen LogP contribution in [0.25, 0.3) is 0 Å². The van der Waals surface area contributed by atoms with Gasteiger partial charge in [0.1, 0.15) is 0 Å². The Kier molecular flexibility index (Phi) is 5.16. The van der Waals surface area contributed by atoms with Crippen LogP contribution in [0, 0.1) is 6.92 Å². The number of nitrogens with zero attached hydrogens (tertiary/aromatic N) is 5. The summed E-state index contributed by atoms with van der Waals surface area (Å²) in [5, 5.41) is 8.34. The van der Waals surface area contributed by atoms with E-state index in [1.165, 1.54) is 0 Å². The van der Waals surface area contributed by atoms with Crippen molar-refractivity contribution in [3.8, 4) is 0 Å². The van der Waals surface area contributed by atoms with E-state index in [1.54, 1.807) is 0 Å². The second kappa shape index (κ2) is 7.51. The van der Waals surface area contributed by atoms with Crippen molar-refractivity contribution in [2.75, 3.05) is 50.1 Å². The van der Waals surface area contributed by atoms with Gasteiger partial charge in [0.15, 0.2) is 5.82 Å².